The number of amides is 2. The molecule has 0 unspecified atom stereocenters. The van der Waals surface area contributed by atoms with Crippen molar-refractivity contribution in [2.45, 2.75) is 19.3 Å². The number of carbonyl (C=O) groups is 2. The zero-order valence-electron chi connectivity index (χ0n) is 11.4. The van der Waals surface area contributed by atoms with Gasteiger partial charge in [-0.25, -0.2) is 0 Å². The lowest BCUT2D eigenvalue weighted by Gasteiger charge is -2.28. The molecule has 0 atom stereocenters. The van der Waals surface area contributed by atoms with Crippen molar-refractivity contribution < 1.29 is 9.59 Å². The van der Waals surface area contributed by atoms with Crippen molar-refractivity contribution in [1.29, 1.82) is 0 Å². The number of rotatable bonds is 4. The van der Waals surface area contributed by atoms with Crippen molar-refractivity contribution >= 4 is 17.5 Å². The third-order valence-electron chi connectivity index (χ3n) is 3.92. The number of benzene rings is 1. The third-order valence-corrected chi connectivity index (χ3v) is 3.92. The average Bonchev–Trinajstić information content (AvgIpc) is 3.24. The summed E-state index contributed by atoms with van der Waals surface area (Å²) in [6.07, 6.45) is 3.18. The van der Waals surface area contributed by atoms with Crippen molar-refractivity contribution in [3.63, 3.8) is 0 Å². The highest BCUT2D eigenvalue weighted by atomic mass is 16.2. The SMILES string of the molecule is Nc1ccc2c(c1)C(=O)N(CC(=O)NCC1CC1)CC2. The second-order valence-corrected chi connectivity index (χ2v) is 5.64. The van der Waals surface area contributed by atoms with E-state index in [1.807, 2.05) is 12.1 Å². The van der Waals surface area contributed by atoms with E-state index in [0.29, 0.717) is 23.7 Å². The molecule has 1 aliphatic heterocycles. The molecule has 1 heterocycles. The minimum atomic E-state index is -0.0971. The number of anilines is 1. The molecule has 3 rings (SSSR count). The van der Waals surface area contributed by atoms with Gasteiger partial charge in [0, 0.05) is 24.3 Å². The van der Waals surface area contributed by atoms with Crippen LogP contribution >= 0.6 is 0 Å². The van der Waals surface area contributed by atoms with Crippen molar-refractivity contribution in [1.82, 2.24) is 10.2 Å². The van der Waals surface area contributed by atoms with Crippen molar-refractivity contribution in [3.05, 3.63) is 29.3 Å². The van der Waals surface area contributed by atoms with Crippen LogP contribution in [-0.4, -0.2) is 36.3 Å². The Hall–Kier alpha value is -2.04. The molecule has 2 aliphatic rings. The topological polar surface area (TPSA) is 75.4 Å². The predicted molar refractivity (Wildman–Crippen MR) is 76.2 cm³/mol. The molecule has 1 saturated carbocycles. The summed E-state index contributed by atoms with van der Waals surface area (Å²) in [7, 11) is 0. The first-order chi connectivity index (χ1) is 9.63. The van der Waals surface area contributed by atoms with E-state index in [1.54, 1.807) is 11.0 Å². The molecule has 1 aromatic carbocycles. The lowest BCUT2D eigenvalue weighted by Crippen LogP contribution is -2.44. The van der Waals surface area contributed by atoms with Crippen LogP contribution in [0.3, 0.4) is 0 Å². The Labute approximate surface area is 118 Å². The van der Waals surface area contributed by atoms with E-state index in [1.165, 1.54) is 12.8 Å². The van der Waals surface area contributed by atoms with Crippen LogP contribution in [0.4, 0.5) is 5.69 Å². The van der Waals surface area contributed by atoms with E-state index in [4.69, 9.17) is 5.73 Å². The van der Waals surface area contributed by atoms with Crippen LogP contribution in [0.15, 0.2) is 18.2 Å². The van der Waals surface area contributed by atoms with Crippen LogP contribution in [0.2, 0.25) is 0 Å². The number of hydrogen-bond donors (Lipinski definition) is 2. The molecule has 1 aliphatic carbocycles. The largest absolute Gasteiger partial charge is 0.399 e. The zero-order valence-corrected chi connectivity index (χ0v) is 11.4. The van der Waals surface area contributed by atoms with Gasteiger partial charge < -0.3 is 16.0 Å². The fourth-order valence-electron chi connectivity index (χ4n) is 2.50. The summed E-state index contributed by atoms with van der Waals surface area (Å²) in [6.45, 7) is 1.47. The van der Waals surface area contributed by atoms with Crippen LogP contribution in [0.1, 0.15) is 28.8 Å². The molecule has 2 amide bonds. The monoisotopic (exact) mass is 273 g/mol. The van der Waals surface area contributed by atoms with E-state index in [-0.39, 0.29) is 18.4 Å². The quantitative estimate of drug-likeness (QED) is 0.797. The summed E-state index contributed by atoms with van der Waals surface area (Å²) < 4.78 is 0. The summed E-state index contributed by atoms with van der Waals surface area (Å²) in [4.78, 5) is 25.8. The van der Waals surface area contributed by atoms with E-state index in [2.05, 4.69) is 5.32 Å². The Morgan fingerprint density at radius 3 is 2.95 bits per heavy atom. The number of nitrogens with two attached hydrogens (primary N) is 1. The van der Waals surface area contributed by atoms with E-state index in [0.717, 1.165) is 18.5 Å². The molecule has 0 spiro atoms. The third kappa shape index (κ3) is 2.76. The smallest absolute Gasteiger partial charge is 0.254 e. The molecule has 20 heavy (non-hydrogen) atoms. The van der Waals surface area contributed by atoms with E-state index in [9.17, 15) is 9.59 Å². The van der Waals surface area contributed by atoms with Gasteiger partial charge in [-0.05, 0) is 42.9 Å². The first-order valence-corrected chi connectivity index (χ1v) is 7.08. The first-order valence-electron chi connectivity index (χ1n) is 7.08. The number of nitrogen functional groups attached to an aromatic ring is 1. The van der Waals surface area contributed by atoms with Crippen LogP contribution in [0.5, 0.6) is 0 Å². The van der Waals surface area contributed by atoms with Gasteiger partial charge in [0.1, 0.15) is 0 Å². The number of fused-ring (bicyclic) bond motifs is 1. The van der Waals surface area contributed by atoms with Crippen LogP contribution < -0.4 is 11.1 Å². The molecule has 5 nitrogen and oxygen atoms in total. The number of nitrogens with one attached hydrogen (secondary N) is 1. The van der Waals surface area contributed by atoms with Crippen LogP contribution in [0.25, 0.3) is 0 Å². The Bertz CT molecular complexity index is 552. The van der Waals surface area contributed by atoms with Gasteiger partial charge in [0.15, 0.2) is 0 Å². The summed E-state index contributed by atoms with van der Waals surface area (Å²) in [6, 6.07) is 5.41. The molecule has 0 saturated heterocycles. The highest BCUT2D eigenvalue weighted by molar-refractivity contribution is 5.99. The van der Waals surface area contributed by atoms with Crippen LogP contribution in [0, 0.1) is 5.92 Å². The summed E-state index contributed by atoms with van der Waals surface area (Å²) >= 11 is 0. The van der Waals surface area contributed by atoms with Crippen LogP contribution in [-0.2, 0) is 11.2 Å². The molecule has 5 heteroatoms. The van der Waals surface area contributed by atoms with E-state index < -0.39 is 0 Å². The molecular weight excluding hydrogens is 254 g/mol. The van der Waals surface area contributed by atoms with Gasteiger partial charge in [-0.15, -0.1) is 0 Å². The number of carbonyl (C=O) groups excluding carboxylic acids is 2. The van der Waals surface area contributed by atoms with Gasteiger partial charge in [-0.1, -0.05) is 6.07 Å². The van der Waals surface area contributed by atoms with Gasteiger partial charge in [-0.2, -0.15) is 0 Å². The maximum absolute atomic E-state index is 12.3. The fraction of sp³-hybridized carbons (Fsp3) is 0.467. The summed E-state index contributed by atoms with van der Waals surface area (Å²) in [5, 5.41) is 2.89. The Morgan fingerprint density at radius 1 is 1.40 bits per heavy atom. The fourth-order valence-corrected chi connectivity index (χ4v) is 2.50. The van der Waals surface area contributed by atoms with Crippen molar-refractivity contribution in [3.8, 4) is 0 Å². The van der Waals surface area contributed by atoms with Gasteiger partial charge in [0.05, 0.1) is 6.54 Å². The van der Waals surface area contributed by atoms with Gasteiger partial charge >= 0.3 is 0 Å². The van der Waals surface area contributed by atoms with Crippen molar-refractivity contribution in [2.75, 3.05) is 25.4 Å². The number of nitrogens with zero attached hydrogens (tertiary/aromatic N) is 1. The highest BCUT2D eigenvalue weighted by Gasteiger charge is 2.27. The highest BCUT2D eigenvalue weighted by Crippen LogP contribution is 2.27. The van der Waals surface area contributed by atoms with Crippen molar-refractivity contribution in [2.24, 2.45) is 5.92 Å². The average molecular weight is 273 g/mol. The lowest BCUT2D eigenvalue weighted by atomic mass is 9.98. The minimum absolute atomic E-state index is 0.0717. The number of hydrogen-bond acceptors (Lipinski definition) is 3. The Balaban J connectivity index is 1.63. The Morgan fingerprint density at radius 2 is 2.20 bits per heavy atom. The molecular formula is C15H19N3O2. The molecule has 1 aromatic rings. The zero-order chi connectivity index (χ0) is 14.1. The predicted octanol–water partition coefficient (Wildman–Crippen LogP) is 0.793. The second-order valence-electron chi connectivity index (χ2n) is 5.64. The van der Waals surface area contributed by atoms with Gasteiger partial charge in [-0.3, -0.25) is 9.59 Å². The molecule has 0 aromatic heterocycles. The van der Waals surface area contributed by atoms with Gasteiger partial charge in [0.25, 0.3) is 5.91 Å². The van der Waals surface area contributed by atoms with Gasteiger partial charge in [0.2, 0.25) is 5.91 Å². The standard InChI is InChI=1S/C15H19N3O2/c16-12-4-3-11-5-6-18(15(20)13(11)7-12)9-14(19)17-8-10-1-2-10/h3-4,7,10H,1-2,5-6,8-9,16H2,(H,17,19). The summed E-state index contributed by atoms with van der Waals surface area (Å²) in [5.41, 5.74) is 7.95. The maximum Gasteiger partial charge on any atom is 0.254 e. The van der Waals surface area contributed by atoms with E-state index >= 15 is 0 Å². The maximum atomic E-state index is 12.3. The second kappa shape index (κ2) is 5.15. The first kappa shape index (κ1) is 13.0. The Kier molecular flexibility index (Phi) is 3.34. The minimum Gasteiger partial charge on any atom is -0.399 e. The molecule has 3 N–H and O–H groups in total. The lowest BCUT2D eigenvalue weighted by molar-refractivity contribution is -0.121. The summed E-state index contributed by atoms with van der Waals surface area (Å²) in [5.74, 6) is 0.481. The molecule has 0 bridgehead atoms. The molecule has 0 radical (unpaired) electrons. The molecule has 1 fully saturated rings. The normalized spacial score (nSPS) is 17.8. The molecule has 106 valence electrons.